The molecule has 0 amide bonds. The van der Waals surface area contributed by atoms with Crippen LogP contribution in [0.1, 0.15) is 13.8 Å². The van der Waals surface area contributed by atoms with Gasteiger partial charge in [0.1, 0.15) is 42.7 Å². The number of aliphatic hydroxyl groups excluding tert-OH is 5. The summed E-state index contributed by atoms with van der Waals surface area (Å²) in [5.74, 6) is -3.40. The van der Waals surface area contributed by atoms with E-state index in [1.165, 1.54) is 6.92 Å². The Morgan fingerprint density at radius 1 is 1.04 bits per heavy atom. The third-order valence-electron chi connectivity index (χ3n) is 5.00. The first-order chi connectivity index (χ1) is 12.5. The number of ether oxygens (including phenoxy) is 5. The van der Waals surface area contributed by atoms with E-state index >= 15 is 0 Å². The van der Waals surface area contributed by atoms with Crippen molar-refractivity contribution in [2.45, 2.75) is 81.0 Å². The van der Waals surface area contributed by atoms with Gasteiger partial charge in [-0.15, -0.1) is 0 Å². The summed E-state index contributed by atoms with van der Waals surface area (Å²) in [5.41, 5.74) is 0. The van der Waals surface area contributed by atoms with Crippen molar-refractivity contribution in [3.63, 3.8) is 0 Å². The second-order valence-corrected chi connectivity index (χ2v) is 6.98. The van der Waals surface area contributed by atoms with Gasteiger partial charge < -0.3 is 54.3 Å². The lowest BCUT2D eigenvalue weighted by molar-refractivity contribution is -0.393. The molecular weight excluding hydrogens is 372 g/mol. The molecule has 3 saturated heterocycles. The third kappa shape index (κ3) is 3.70. The van der Waals surface area contributed by atoms with Crippen LogP contribution in [-0.4, -0.2) is 110 Å². The summed E-state index contributed by atoms with van der Waals surface area (Å²) in [4.78, 5) is 11.2. The summed E-state index contributed by atoms with van der Waals surface area (Å²) in [6.07, 6.45) is -13.6. The minimum Gasteiger partial charge on any atom is -0.477 e. The van der Waals surface area contributed by atoms with Gasteiger partial charge in [-0.2, -0.15) is 0 Å². The van der Waals surface area contributed by atoms with Crippen molar-refractivity contribution >= 4 is 5.97 Å². The molecule has 0 aromatic rings. The van der Waals surface area contributed by atoms with Gasteiger partial charge in [0.15, 0.2) is 12.6 Å². The smallest absolute Gasteiger partial charge is 0.364 e. The van der Waals surface area contributed by atoms with E-state index in [9.17, 15) is 30.3 Å². The molecule has 0 spiro atoms. The molecule has 3 aliphatic rings. The SMILES string of the molecule is CC1O[C@@H](O)C(O)[C@@H](O)[C@H]1O[C@@H]1OC2COC(C)(C(=O)O)O[C@@H]2[C@H](O)C1O. The van der Waals surface area contributed by atoms with E-state index in [0.717, 1.165) is 6.92 Å². The molecular formula is C15H24O12. The molecule has 3 heterocycles. The van der Waals surface area contributed by atoms with Crippen molar-refractivity contribution in [1.82, 2.24) is 0 Å². The highest BCUT2D eigenvalue weighted by Crippen LogP contribution is 2.34. The van der Waals surface area contributed by atoms with Crippen LogP contribution in [0.5, 0.6) is 0 Å². The quantitative estimate of drug-likeness (QED) is 0.277. The fraction of sp³-hybridized carbons (Fsp3) is 0.933. The number of hydrogen-bond acceptors (Lipinski definition) is 11. The molecule has 12 nitrogen and oxygen atoms in total. The lowest BCUT2D eigenvalue weighted by atomic mass is 9.96. The Hall–Kier alpha value is -0.930. The standard InChI is InChI=1S/C15H24O12/c1-4-10(6(16)8(18)12(20)24-4)26-13-9(19)7(17)11-5(25-13)3-23-15(2,27-11)14(21)22/h4-13,16-20H,3H2,1-2H3,(H,21,22)/t4?,5?,6-,7-,8?,9?,10+,11+,12-,13+,15?/m1/s1. The zero-order valence-electron chi connectivity index (χ0n) is 14.6. The number of rotatable bonds is 3. The largest absolute Gasteiger partial charge is 0.477 e. The maximum absolute atomic E-state index is 11.2. The minimum absolute atomic E-state index is 0.252. The number of aliphatic carboxylic acids is 1. The van der Waals surface area contributed by atoms with E-state index in [1.54, 1.807) is 0 Å². The number of fused-ring (bicyclic) bond motifs is 1. The van der Waals surface area contributed by atoms with E-state index in [-0.39, 0.29) is 6.61 Å². The maximum Gasteiger partial charge on any atom is 0.364 e. The fourth-order valence-corrected chi connectivity index (χ4v) is 3.31. The molecule has 156 valence electrons. The van der Waals surface area contributed by atoms with Crippen LogP contribution in [0.2, 0.25) is 0 Å². The lowest BCUT2D eigenvalue weighted by Gasteiger charge is -2.49. The third-order valence-corrected chi connectivity index (χ3v) is 5.00. The predicted molar refractivity (Wildman–Crippen MR) is 81.0 cm³/mol. The Kier molecular flexibility index (Phi) is 5.76. The minimum atomic E-state index is -2.00. The van der Waals surface area contributed by atoms with Crippen molar-refractivity contribution in [3.8, 4) is 0 Å². The Balaban J connectivity index is 1.70. The monoisotopic (exact) mass is 396 g/mol. The zero-order chi connectivity index (χ0) is 20.1. The Bertz CT molecular complexity index is 557. The molecule has 11 atom stereocenters. The van der Waals surface area contributed by atoms with E-state index in [0.29, 0.717) is 0 Å². The summed E-state index contributed by atoms with van der Waals surface area (Å²) in [7, 11) is 0. The summed E-state index contributed by atoms with van der Waals surface area (Å²) < 4.78 is 26.5. The second kappa shape index (κ2) is 7.48. The van der Waals surface area contributed by atoms with Gasteiger partial charge in [-0.25, -0.2) is 4.79 Å². The van der Waals surface area contributed by atoms with E-state index < -0.39 is 73.2 Å². The van der Waals surface area contributed by atoms with Crippen LogP contribution in [0.25, 0.3) is 0 Å². The maximum atomic E-state index is 11.2. The predicted octanol–water partition coefficient (Wildman–Crippen LogP) is -3.51. The van der Waals surface area contributed by atoms with Crippen LogP contribution in [-0.2, 0) is 28.5 Å². The van der Waals surface area contributed by atoms with Gasteiger partial charge in [-0.1, -0.05) is 0 Å². The molecule has 27 heavy (non-hydrogen) atoms. The number of carboxylic acid groups (broad SMARTS) is 1. The fourth-order valence-electron chi connectivity index (χ4n) is 3.31. The van der Waals surface area contributed by atoms with Crippen molar-refractivity contribution in [3.05, 3.63) is 0 Å². The van der Waals surface area contributed by atoms with Crippen molar-refractivity contribution < 1.29 is 59.1 Å². The molecule has 0 aromatic carbocycles. The topological polar surface area (TPSA) is 185 Å². The zero-order valence-corrected chi connectivity index (χ0v) is 14.6. The lowest BCUT2D eigenvalue weighted by Crippen LogP contribution is -2.67. The molecule has 0 aliphatic carbocycles. The Labute approximate surface area is 153 Å². The highest BCUT2D eigenvalue weighted by molar-refractivity contribution is 5.75. The van der Waals surface area contributed by atoms with Crippen LogP contribution in [0, 0.1) is 0 Å². The molecule has 3 fully saturated rings. The van der Waals surface area contributed by atoms with Gasteiger partial charge >= 0.3 is 5.97 Å². The highest BCUT2D eigenvalue weighted by atomic mass is 16.8. The summed E-state index contributed by atoms with van der Waals surface area (Å²) in [5, 5.41) is 59.1. The molecule has 3 rings (SSSR count). The molecule has 3 aliphatic heterocycles. The van der Waals surface area contributed by atoms with Gasteiger partial charge in [0, 0.05) is 6.92 Å². The second-order valence-electron chi connectivity index (χ2n) is 6.98. The number of carboxylic acids is 1. The van der Waals surface area contributed by atoms with Gasteiger partial charge in [0.25, 0.3) is 5.79 Å². The first kappa shape index (κ1) is 20.8. The number of carbonyl (C=O) groups is 1. The summed E-state index contributed by atoms with van der Waals surface area (Å²) in [6, 6.07) is 0. The van der Waals surface area contributed by atoms with Crippen molar-refractivity contribution in [1.29, 1.82) is 0 Å². The first-order valence-corrected chi connectivity index (χ1v) is 8.47. The Morgan fingerprint density at radius 3 is 2.33 bits per heavy atom. The summed E-state index contributed by atoms with van der Waals surface area (Å²) in [6.45, 7) is 2.39. The van der Waals surface area contributed by atoms with Gasteiger partial charge in [0.05, 0.1) is 12.7 Å². The number of hydrogen-bond donors (Lipinski definition) is 6. The number of aliphatic hydroxyl groups is 5. The average Bonchev–Trinajstić information content (AvgIpc) is 2.61. The van der Waals surface area contributed by atoms with Gasteiger partial charge in [-0.05, 0) is 6.92 Å². The molecule has 5 unspecified atom stereocenters. The van der Waals surface area contributed by atoms with Gasteiger partial charge in [0.2, 0.25) is 0 Å². The molecule has 12 heteroatoms. The first-order valence-electron chi connectivity index (χ1n) is 8.47. The van der Waals surface area contributed by atoms with E-state index in [2.05, 4.69) is 0 Å². The van der Waals surface area contributed by atoms with E-state index in [4.69, 9.17) is 28.8 Å². The summed E-state index contributed by atoms with van der Waals surface area (Å²) >= 11 is 0. The molecule has 0 aromatic heterocycles. The normalized spacial score (nSPS) is 53.6. The van der Waals surface area contributed by atoms with Crippen molar-refractivity contribution in [2.24, 2.45) is 0 Å². The van der Waals surface area contributed by atoms with E-state index in [1.807, 2.05) is 0 Å². The molecule has 0 saturated carbocycles. The van der Waals surface area contributed by atoms with Crippen molar-refractivity contribution in [2.75, 3.05) is 6.61 Å². The molecule has 0 bridgehead atoms. The van der Waals surface area contributed by atoms with Crippen LogP contribution in [0.3, 0.4) is 0 Å². The van der Waals surface area contributed by atoms with Crippen LogP contribution in [0.15, 0.2) is 0 Å². The van der Waals surface area contributed by atoms with Crippen LogP contribution >= 0.6 is 0 Å². The average molecular weight is 396 g/mol. The van der Waals surface area contributed by atoms with Crippen LogP contribution in [0.4, 0.5) is 0 Å². The molecule has 0 radical (unpaired) electrons. The Morgan fingerprint density at radius 2 is 1.70 bits per heavy atom. The molecule has 6 N–H and O–H groups in total. The van der Waals surface area contributed by atoms with Crippen LogP contribution < -0.4 is 0 Å². The highest BCUT2D eigenvalue weighted by Gasteiger charge is 2.55. The van der Waals surface area contributed by atoms with Gasteiger partial charge in [-0.3, -0.25) is 0 Å².